The summed E-state index contributed by atoms with van der Waals surface area (Å²) >= 11 is 0. The summed E-state index contributed by atoms with van der Waals surface area (Å²) < 4.78 is 26.5. The van der Waals surface area contributed by atoms with Gasteiger partial charge < -0.3 is 5.32 Å². The Bertz CT molecular complexity index is 762. The maximum absolute atomic E-state index is 12.5. The quantitative estimate of drug-likeness (QED) is 0.876. The zero-order chi connectivity index (χ0) is 17.0. The van der Waals surface area contributed by atoms with E-state index in [1.165, 1.54) is 11.1 Å². The van der Waals surface area contributed by atoms with Gasteiger partial charge in [0.05, 0.1) is 4.90 Å². The van der Waals surface area contributed by atoms with Gasteiger partial charge >= 0.3 is 0 Å². The van der Waals surface area contributed by atoms with Gasteiger partial charge in [-0.25, -0.2) is 8.42 Å². The second-order valence-electron chi connectivity index (χ2n) is 6.34. The van der Waals surface area contributed by atoms with Crippen LogP contribution in [0.5, 0.6) is 0 Å². The lowest BCUT2D eigenvalue weighted by atomic mass is 10.1. The molecule has 0 amide bonds. The molecule has 1 N–H and O–H groups in total. The van der Waals surface area contributed by atoms with Crippen LogP contribution in [-0.2, 0) is 23.1 Å². The van der Waals surface area contributed by atoms with Crippen molar-refractivity contribution in [1.29, 1.82) is 0 Å². The third kappa shape index (κ3) is 4.04. The first-order chi connectivity index (χ1) is 11.6. The van der Waals surface area contributed by atoms with E-state index in [-0.39, 0.29) is 0 Å². The minimum Gasteiger partial charge on any atom is -0.309 e. The molecule has 4 nitrogen and oxygen atoms in total. The van der Waals surface area contributed by atoms with Crippen molar-refractivity contribution in [2.45, 2.75) is 37.8 Å². The molecule has 5 heteroatoms. The smallest absolute Gasteiger partial charge is 0.243 e. The lowest BCUT2D eigenvalue weighted by Crippen LogP contribution is -2.27. The highest BCUT2D eigenvalue weighted by Crippen LogP contribution is 2.21. The highest BCUT2D eigenvalue weighted by molar-refractivity contribution is 7.89. The van der Waals surface area contributed by atoms with Crippen LogP contribution in [0.25, 0.3) is 0 Å². The van der Waals surface area contributed by atoms with Crippen LogP contribution < -0.4 is 5.32 Å². The summed E-state index contributed by atoms with van der Waals surface area (Å²) in [5, 5.41) is 3.39. The van der Waals surface area contributed by atoms with Crippen molar-refractivity contribution in [2.24, 2.45) is 0 Å². The standard InChI is InChI=1S/C19H24N2O2S/c1-16-4-6-17(7-5-16)14-20-15-18-8-10-19(11-9-18)24(22,23)21-12-2-3-13-21/h4-11,20H,2-3,12-15H2,1H3. The van der Waals surface area contributed by atoms with Gasteiger partial charge in [-0.15, -0.1) is 0 Å². The maximum Gasteiger partial charge on any atom is 0.243 e. The Morgan fingerprint density at radius 2 is 1.38 bits per heavy atom. The third-order valence-corrected chi connectivity index (χ3v) is 6.32. The summed E-state index contributed by atoms with van der Waals surface area (Å²) in [6, 6.07) is 15.7. The van der Waals surface area contributed by atoms with Gasteiger partial charge in [0.1, 0.15) is 0 Å². The van der Waals surface area contributed by atoms with E-state index >= 15 is 0 Å². The number of nitrogens with zero attached hydrogens (tertiary/aromatic N) is 1. The molecule has 128 valence electrons. The molecule has 2 aromatic rings. The van der Waals surface area contributed by atoms with Crippen molar-refractivity contribution >= 4 is 10.0 Å². The summed E-state index contributed by atoms with van der Waals surface area (Å²) in [6.45, 7) is 4.88. The van der Waals surface area contributed by atoms with E-state index in [1.54, 1.807) is 16.4 Å². The lowest BCUT2D eigenvalue weighted by molar-refractivity contribution is 0.477. The van der Waals surface area contributed by atoms with Gasteiger partial charge in [0.25, 0.3) is 0 Å². The molecule has 24 heavy (non-hydrogen) atoms. The molecule has 0 unspecified atom stereocenters. The zero-order valence-corrected chi connectivity index (χ0v) is 14.8. The normalized spacial score (nSPS) is 15.7. The fourth-order valence-corrected chi connectivity index (χ4v) is 4.43. The number of benzene rings is 2. The predicted octanol–water partition coefficient (Wildman–Crippen LogP) is 3.07. The summed E-state index contributed by atoms with van der Waals surface area (Å²) in [4.78, 5) is 0.395. The Hall–Kier alpha value is -1.69. The van der Waals surface area contributed by atoms with Crippen LogP contribution in [0.3, 0.4) is 0 Å². The van der Waals surface area contributed by atoms with E-state index in [9.17, 15) is 8.42 Å². The molecule has 3 rings (SSSR count). The van der Waals surface area contributed by atoms with Gasteiger partial charge in [0.2, 0.25) is 10.0 Å². The fraction of sp³-hybridized carbons (Fsp3) is 0.368. The van der Waals surface area contributed by atoms with Crippen LogP contribution >= 0.6 is 0 Å². The Morgan fingerprint density at radius 1 is 0.875 bits per heavy atom. The molecule has 1 aliphatic rings. The number of nitrogens with one attached hydrogen (secondary N) is 1. The van der Waals surface area contributed by atoms with E-state index in [0.29, 0.717) is 18.0 Å². The summed E-state index contributed by atoms with van der Waals surface area (Å²) in [5.41, 5.74) is 3.59. The number of hydrogen-bond donors (Lipinski definition) is 1. The summed E-state index contributed by atoms with van der Waals surface area (Å²) in [6.07, 6.45) is 1.92. The van der Waals surface area contributed by atoms with Crippen molar-refractivity contribution in [3.63, 3.8) is 0 Å². The average Bonchev–Trinajstić information content (AvgIpc) is 3.13. The largest absolute Gasteiger partial charge is 0.309 e. The molecule has 0 spiro atoms. The van der Waals surface area contributed by atoms with Crippen molar-refractivity contribution in [2.75, 3.05) is 13.1 Å². The van der Waals surface area contributed by atoms with Crippen molar-refractivity contribution < 1.29 is 8.42 Å². The minimum atomic E-state index is -3.31. The Labute approximate surface area is 144 Å². The second kappa shape index (κ2) is 7.47. The topological polar surface area (TPSA) is 49.4 Å². The highest BCUT2D eigenvalue weighted by Gasteiger charge is 2.26. The molecular weight excluding hydrogens is 320 g/mol. The molecule has 2 aromatic carbocycles. The second-order valence-corrected chi connectivity index (χ2v) is 8.28. The molecular formula is C19H24N2O2S. The summed E-state index contributed by atoms with van der Waals surface area (Å²) in [5.74, 6) is 0. The molecule has 0 saturated carbocycles. The van der Waals surface area contributed by atoms with Crippen LogP contribution in [0.2, 0.25) is 0 Å². The molecule has 1 fully saturated rings. The fourth-order valence-electron chi connectivity index (χ4n) is 2.91. The molecule has 0 aliphatic carbocycles. The Morgan fingerprint density at radius 3 is 1.92 bits per heavy atom. The monoisotopic (exact) mass is 344 g/mol. The number of hydrogen-bond acceptors (Lipinski definition) is 3. The number of sulfonamides is 1. The van der Waals surface area contributed by atoms with Crippen molar-refractivity contribution in [1.82, 2.24) is 9.62 Å². The Kier molecular flexibility index (Phi) is 5.33. The third-order valence-electron chi connectivity index (χ3n) is 4.41. The van der Waals surface area contributed by atoms with Crippen LogP contribution in [0.4, 0.5) is 0 Å². The number of aryl methyl sites for hydroxylation is 1. The lowest BCUT2D eigenvalue weighted by Gasteiger charge is -2.15. The maximum atomic E-state index is 12.5. The molecule has 1 saturated heterocycles. The van der Waals surface area contributed by atoms with Gasteiger partial charge in [-0.05, 0) is 43.0 Å². The summed E-state index contributed by atoms with van der Waals surface area (Å²) in [7, 11) is -3.31. The minimum absolute atomic E-state index is 0.395. The molecule has 1 aliphatic heterocycles. The average molecular weight is 344 g/mol. The molecule has 0 radical (unpaired) electrons. The zero-order valence-electron chi connectivity index (χ0n) is 14.0. The molecule has 0 aromatic heterocycles. The first-order valence-electron chi connectivity index (χ1n) is 8.41. The van der Waals surface area contributed by atoms with Gasteiger partial charge in [0, 0.05) is 26.2 Å². The van der Waals surface area contributed by atoms with E-state index < -0.39 is 10.0 Å². The highest BCUT2D eigenvalue weighted by atomic mass is 32.2. The van der Waals surface area contributed by atoms with Crippen LogP contribution in [0.15, 0.2) is 53.4 Å². The van der Waals surface area contributed by atoms with E-state index in [4.69, 9.17) is 0 Å². The van der Waals surface area contributed by atoms with Gasteiger partial charge in [-0.2, -0.15) is 4.31 Å². The van der Waals surface area contributed by atoms with Gasteiger partial charge in [-0.1, -0.05) is 42.0 Å². The van der Waals surface area contributed by atoms with Crippen molar-refractivity contribution in [3.8, 4) is 0 Å². The van der Waals surface area contributed by atoms with Gasteiger partial charge in [-0.3, -0.25) is 0 Å². The van der Waals surface area contributed by atoms with Crippen LogP contribution in [0.1, 0.15) is 29.5 Å². The van der Waals surface area contributed by atoms with Gasteiger partial charge in [0.15, 0.2) is 0 Å². The molecule has 0 atom stereocenters. The molecule has 0 bridgehead atoms. The predicted molar refractivity (Wildman–Crippen MR) is 96.2 cm³/mol. The van der Waals surface area contributed by atoms with Crippen molar-refractivity contribution in [3.05, 3.63) is 65.2 Å². The van der Waals surface area contributed by atoms with Crippen LogP contribution in [0, 0.1) is 6.92 Å². The van der Waals surface area contributed by atoms with Crippen LogP contribution in [-0.4, -0.2) is 25.8 Å². The SMILES string of the molecule is Cc1ccc(CNCc2ccc(S(=O)(=O)N3CCCC3)cc2)cc1. The van der Waals surface area contributed by atoms with E-state index in [1.807, 2.05) is 12.1 Å². The molecule has 1 heterocycles. The van der Waals surface area contributed by atoms with E-state index in [0.717, 1.165) is 31.5 Å². The first-order valence-corrected chi connectivity index (χ1v) is 9.85. The first kappa shape index (κ1) is 17.1. The Balaban J connectivity index is 1.57. The van der Waals surface area contributed by atoms with E-state index in [2.05, 4.69) is 36.5 Å². The number of rotatable bonds is 6.